The Morgan fingerprint density at radius 3 is 1.75 bits per heavy atom. The molecule has 8 N–H and O–H groups in total. The van der Waals surface area contributed by atoms with Gasteiger partial charge < -0.3 is 37.0 Å². The van der Waals surface area contributed by atoms with Gasteiger partial charge in [0.1, 0.15) is 24.2 Å². The summed E-state index contributed by atoms with van der Waals surface area (Å²) < 4.78 is 0. The number of hydrogen-bond acceptors (Lipinski definition) is 7. The Labute approximate surface area is 187 Å². The minimum Gasteiger partial charge on any atom is -0.481 e. The van der Waals surface area contributed by atoms with Crippen LogP contribution >= 0.6 is 0 Å². The Hall–Kier alpha value is -2.73. The summed E-state index contributed by atoms with van der Waals surface area (Å²) in [4.78, 5) is 60.3. The van der Waals surface area contributed by atoms with Crippen molar-refractivity contribution in [3.8, 4) is 0 Å². The molecule has 0 bridgehead atoms. The van der Waals surface area contributed by atoms with Crippen molar-refractivity contribution in [2.45, 2.75) is 84.2 Å². The van der Waals surface area contributed by atoms with Crippen LogP contribution < -0.4 is 21.7 Å². The largest absolute Gasteiger partial charge is 0.481 e. The Kier molecular flexibility index (Phi) is 12.5. The van der Waals surface area contributed by atoms with E-state index in [1.165, 1.54) is 6.92 Å². The smallest absolute Gasteiger partial charge is 0.326 e. The molecule has 0 aromatic rings. The summed E-state index contributed by atoms with van der Waals surface area (Å²) in [6, 6.07) is -5.28. The number of rotatable bonds is 14. The number of aliphatic hydroxyl groups is 1. The van der Waals surface area contributed by atoms with Crippen LogP contribution in [0.15, 0.2) is 0 Å². The highest BCUT2D eigenvalue weighted by atomic mass is 16.4. The summed E-state index contributed by atoms with van der Waals surface area (Å²) in [6.45, 7) is 8.23. The van der Waals surface area contributed by atoms with E-state index < -0.39 is 72.3 Å². The number of nitrogens with one attached hydrogen (secondary N) is 3. The predicted octanol–water partition coefficient (Wildman–Crippen LogP) is -1.20. The summed E-state index contributed by atoms with van der Waals surface area (Å²) in [6.07, 6.45) is -1.37. The molecule has 0 heterocycles. The highest BCUT2D eigenvalue weighted by Gasteiger charge is 2.33. The molecular formula is C20H36N4O8. The molecule has 0 radical (unpaired) electrons. The number of amides is 3. The number of hydrogen-bond donors (Lipinski definition) is 7. The van der Waals surface area contributed by atoms with Gasteiger partial charge in [-0.25, -0.2) is 4.79 Å². The number of carbonyl (C=O) groups excluding carboxylic acids is 3. The molecule has 6 atom stereocenters. The van der Waals surface area contributed by atoms with E-state index in [0.717, 1.165) is 0 Å². The third-order valence-electron chi connectivity index (χ3n) is 4.95. The number of aliphatic carboxylic acids is 2. The SMILES string of the molecule is CCC(C)C(NC(=O)C(CC(=O)O)NC(=O)C(CC(C)C)NC(=O)C(N)C(C)O)C(=O)O. The van der Waals surface area contributed by atoms with Gasteiger partial charge in [0.05, 0.1) is 12.5 Å². The van der Waals surface area contributed by atoms with Crippen LogP contribution in [0.4, 0.5) is 0 Å². The minimum absolute atomic E-state index is 0.0673. The van der Waals surface area contributed by atoms with E-state index in [1.807, 2.05) is 0 Å². The van der Waals surface area contributed by atoms with Crippen LogP contribution in [0.3, 0.4) is 0 Å². The maximum absolute atomic E-state index is 12.8. The van der Waals surface area contributed by atoms with Crippen molar-refractivity contribution in [2.75, 3.05) is 0 Å². The van der Waals surface area contributed by atoms with E-state index in [1.54, 1.807) is 27.7 Å². The molecule has 0 aliphatic heterocycles. The second-order valence-electron chi connectivity index (χ2n) is 8.33. The fourth-order valence-corrected chi connectivity index (χ4v) is 2.78. The lowest BCUT2D eigenvalue weighted by Crippen LogP contribution is -2.59. The van der Waals surface area contributed by atoms with Gasteiger partial charge in [0.15, 0.2) is 0 Å². The molecule has 0 fully saturated rings. The Bertz CT molecular complexity index is 683. The van der Waals surface area contributed by atoms with Crippen LogP contribution in [0.1, 0.15) is 53.9 Å². The normalized spacial score (nSPS) is 16.8. The molecule has 0 rings (SSSR count). The zero-order valence-corrected chi connectivity index (χ0v) is 19.1. The molecule has 0 saturated carbocycles. The van der Waals surface area contributed by atoms with Gasteiger partial charge in [-0.1, -0.05) is 34.1 Å². The molecule has 184 valence electrons. The van der Waals surface area contributed by atoms with E-state index in [-0.39, 0.29) is 12.3 Å². The maximum Gasteiger partial charge on any atom is 0.326 e. The number of aliphatic hydroxyl groups excluding tert-OH is 1. The maximum atomic E-state index is 12.8. The number of carboxylic acid groups (broad SMARTS) is 2. The van der Waals surface area contributed by atoms with Gasteiger partial charge in [0.2, 0.25) is 17.7 Å². The van der Waals surface area contributed by atoms with E-state index in [9.17, 15) is 34.2 Å². The third kappa shape index (κ3) is 10.1. The van der Waals surface area contributed by atoms with Crippen LogP contribution in [-0.4, -0.2) is 75.3 Å². The van der Waals surface area contributed by atoms with E-state index in [0.29, 0.717) is 6.42 Å². The summed E-state index contributed by atoms with van der Waals surface area (Å²) in [5, 5.41) is 34.9. The average Bonchev–Trinajstić information content (AvgIpc) is 2.68. The van der Waals surface area contributed by atoms with Crippen molar-refractivity contribution in [3.05, 3.63) is 0 Å². The summed E-state index contributed by atoms with van der Waals surface area (Å²) >= 11 is 0. The van der Waals surface area contributed by atoms with Crippen molar-refractivity contribution in [3.63, 3.8) is 0 Å². The highest BCUT2D eigenvalue weighted by molar-refractivity contribution is 5.95. The number of carbonyl (C=O) groups is 5. The Morgan fingerprint density at radius 2 is 1.34 bits per heavy atom. The van der Waals surface area contributed by atoms with Crippen molar-refractivity contribution < 1.29 is 39.3 Å². The molecule has 6 unspecified atom stereocenters. The lowest BCUT2D eigenvalue weighted by atomic mass is 9.98. The van der Waals surface area contributed by atoms with Crippen LogP contribution in [-0.2, 0) is 24.0 Å². The quantitative estimate of drug-likeness (QED) is 0.166. The molecule has 0 aliphatic carbocycles. The van der Waals surface area contributed by atoms with Gasteiger partial charge >= 0.3 is 11.9 Å². The molecule has 0 aliphatic rings. The van der Waals surface area contributed by atoms with E-state index in [4.69, 9.17) is 10.8 Å². The monoisotopic (exact) mass is 460 g/mol. The van der Waals surface area contributed by atoms with Crippen LogP contribution in [0, 0.1) is 11.8 Å². The van der Waals surface area contributed by atoms with Gasteiger partial charge in [-0.3, -0.25) is 19.2 Å². The first-order valence-electron chi connectivity index (χ1n) is 10.5. The van der Waals surface area contributed by atoms with E-state index >= 15 is 0 Å². The zero-order valence-electron chi connectivity index (χ0n) is 19.1. The second kappa shape index (κ2) is 13.6. The molecule has 12 nitrogen and oxygen atoms in total. The minimum atomic E-state index is -1.57. The number of carboxylic acids is 2. The Morgan fingerprint density at radius 1 is 0.844 bits per heavy atom. The van der Waals surface area contributed by atoms with Crippen molar-refractivity contribution >= 4 is 29.7 Å². The van der Waals surface area contributed by atoms with Crippen LogP contribution in [0.5, 0.6) is 0 Å². The molecular weight excluding hydrogens is 424 g/mol. The van der Waals surface area contributed by atoms with Gasteiger partial charge in [0, 0.05) is 0 Å². The molecule has 12 heteroatoms. The lowest BCUT2D eigenvalue weighted by molar-refractivity contribution is -0.144. The molecule has 32 heavy (non-hydrogen) atoms. The summed E-state index contributed by atoms with van der Waals surface area (Å²) in [5.41, 5.74) is 5.59. The highest BCUT2D eigenvalue weighted by Crippen LogP contribution is 2.10. The second-order valence-corrected chi connectivity index (χ2v) is 8.33. The van der Waals surface area contributed by atoms with Crippen molar-refractivity contribution in [2.24, 2.45) is 17.6 Å². The summed E-state index contributed by atoms with van der Waals surface area (Å²) in [7, 11) is 0. The molecule has 0 aromatic heterocycles. The molecule has 0 spiro atoms. The third-order valence-corrected chi connectivity index (χ3v) is 4.95. The standard InChI is InChI=1S/C20H36N4O8/c1-6-10(4)16(20(31)32)24-18(29)13(8-14(26)27)22-17(28)12(7-9(2)3)23-19(30)15(21)11(5)25/h9-13,15-16,25H,6-8,21H2,1-5H3,(H,22,28)(H,23,30)(H,24,29)(H,26,27)(H,31,32). The fraction of sp³-hybridized carbons (Fsp3) is 0.750. The number of nitrogens with two attached hydrogens (primary N) is 1. The van der Waals surface area contributed by atoms with Gasteiger partial charge in [-0.05, 0) is 25.2 Å². The molecule has 3 amide bonds. The van der Waals surface area contributed by atoms with Gasteiger partial charge in [-0.15, -0.1) is 0 Å². The predicted molar refractivity (Wildman–Crippen MR) is 114 cm³/mol. The topological polar surface area (TPSA) is 208 Å². The van der Waals surface area contributed by atoms with E-state index in [2.05, 4.69) is 16.0 Å². The van der Waals surface area contributed by atoms with Crippen molar-refractivity contribution in [1.82, 2.24) is 16.0 Å². The molecule has 0 saturated heterocycles. The van der Waals surface area contributed by atoms with Crippen molar-refractivity contribution in [1.29, 1.82) is 0 Å². The van der Waals surface area contributed by atoms with Crippen LogP contribution in [0.2, 0.25) is 0 Å². The first-order valence-corrected chi connectivity index (χ1v) is 10.5. The molecule has 0 aromatic carbocycles. The summed E-state index contributed by atoms with van der Waals surface area (Å²) in [5.74, 6) is -5.77. The zero-order chi connectivity index (χ0) is 25.2. The van der Waals surface area contributed by atoms with Crippen LogP contribution in [0.25, 0.3) is 0 Å². The van der Waals surface area contributed by atoms with Gasteiger partial charge in [0.25, 0.3) is 0 Å². The fourth-order valence-electron chi connectivity index (χ4n) is 2.78. The first kappa shape index (κ1) is 29.3. The lowest BCUT2D eigenvalue weighted by Gasteiger charge is -2.26. The average molecular weight is 461 g/mol. The Balaban J connectivity index is 5.59. The van der Waals surface area contributed by atoms with Gasteiger partial charge in [-0.2, -0.15) is 0 Å². The first-order chi connectivity index (χ1) is 14.7.